The molecule has 94 valence electrons. The highest BCUT2D eigenvalue weighted by molar-refractivity contribution is 5.54. The van der Waals surface area contributed by atoms with Gasteiger partial charge in [-0.3, -0.25) is 0 Å². The van der Waals surface area contributed by atoms with Crippen molar-refractivity contribution in [1.82, 2.24) is 0 Å². The van der Waals surface area contributed by atoms with Crippen LogP contribution in [0.1, 0.15) is 31.4 Å². The van der Waals surface area contributed by atoms with Crippen molar-refractivity contribution >= 4 is 5.69 Å². The molecule has 1 saturated carbocycles. The van der Waals surface area contributed by atoms with E-state index in [0.717, 1.165) is 30.6 Å². The third-order valence-electron chi connectivity index (χ3n) is 3.54. The molecule has 1 fully saturated rings. The standard InChI is InChI=1S/C14H21NO2/c1-10(16)13-5-3-4-6-14(13)15(2)9-11-7-12(17)8-11/h3-6,10-12,16-17H,7-9H2,1-2H3. The Balaban J connectivity index is 2.05. The zero-order valence-electron chi connectivity index (χ0n) is 10.5. The molecule has 1 unspecified atom stereocenters. The largest absolute Gasteiger partial charge is 0.393 e. The van der Waals surface area contributed by atoms with Crippen molar-refractivity contribution in [3.63, 3.8) is 0 Å². The van der Waals surface area contributed by atoms with E-state index in [9.17, 15) is 10.2 Å². The number of hydrogen-bond acceptors (Lipinski definition) is 3. The van der Waals surface area contributed by atoms with Crippen LogP contribution < -0.4 is 4.90 Å². The fraction of sp³-hybridized carbons (Fsp3) is 0.571. The van der Waals surface area contributed by atoms with Crippen molar-refractivity contribution in [3.05, 3.63) is 29.8 Å². The van der Waals surface area contributed by atoms with Gasteiger partial charge in [-0.25, -0.2) is 0 Å². The highest BCUT2D eigenvalue weighted by Crippen LogP contribution is 2.31. The predicted octanol–water partition coefficient (Wildman–Crippen LogP) is 1.95. The molecule has 0 spiro atoms. The van der Waals surface area contributed by atoms with Crippen molar-refractivity contribution in [2.75, 3.05) is 18.5 Å². The minimum atomic E-state index is -0.444. The molecule has 1 aliphatic rings. The monoisotopic (exact) mass is 235 g/mol. The molecule has 2 N–H and O–H groups in total. The fourth-order valence-electron chi connectivity index (χ4n) is 2.52. The normalized spacial score (nSPS) is 25.2. The molecule has 17 heavy (non-hydrogen) atoms. The van der Waals surface area contributed by atoms with E-state index < -0.39 is 6.10 Å². The van der Waals surface area contributed by atoms with E-state index in [1.54, 1.807) is 6.92 Å². The van der Waals surface area contributed by atoms with Crippen LogP contribution in [0.15, 0.2) is 24.3 Å². The Hall–Kier alpha value is -1.06. The van der Waals surface area contributed by atoms with Crippen LogP contribution >= 0.6 is 0 Å². The lowest BCUT2D eigenvalue weighted by molar-refractivity contribution is 0.0464. The second kappa shape index (κ2) is 5.07. The zero-order chi connectivity index (χ0) is 12.4. The molecule has 3 nitrogen and oxygen atoms in total. The van der Waals surface area contributed by atoms with E-state index in [1.165, 1.54) is 0 Å². The topological polar surface area (TPSA) is 43.7 Å². The quantitative estimate of drug-likeness (QED) is 0.838. The average Bonchev–Trinajstić information content (AvgIpc) is 2.27. The summed E-state index contributed by atoms with van der Waals surface area (Å²) in [5.41, 5.74) is 2.05. The highest BCUT2D eigenvalue weighted by atomic mass is 16.3. The smallest absolute Gasteiger partial charge is 0.0781 e. The minimum absolute atomic E-state index is 0.0968. The number of aliphatic hydroxyl groups excluding tert-OH is 2. The first kappa shape index (κ1) is 12.4. The number of anilines is 1. The van der Waals surface area contributed by atoms with Crippen molar-refractivity contribution in [2.45, 2.75) is 32.0 Å². The fourth-order valence-corrected chi connectivity index (χ4v) is 2.52. The van der Waals surface area contributed by atoms with Crippen molar-refractivity contribution in [2.24, 2.45) is 5.92 Å². The molecular formula is C14H21NO2. The summed E-state index contributed by atoms with van der Waals surface area (Å²) in [4.78, 5) is 2.18. The van der Waals surface area contributed by atoms with Crippen LogP contribution in [0.5, 0.6) is 0 Å². The number of benzene rings is 1. The molecule has 2 rings (SSSR count). The Labute approximate surface area is 103 Å². The van der Waals surface area contributed by atoms with E-state index in [1.807, 2.05) is 31.3 Å². The SMILES string of the molecule is CC(O)c1ccccc1N(C)CC1CC(O)C1. The third kappa shape index (κ3) is 2.79. The van der Waals surface area contributed by atoms with E-state index >= 15 is 0 Å². The van der Waals surface area contributed by atoms with Gasteiger partial charge < -0.3 is 15.1 Å². The van der Waals surface area contributed by atoms with Gasteiger partial charge in [0.15, 0.2) is 0 Å². The summed E-state index contributed by atoms with van der Waals surface area (Å²) in [5.74, 6) is 0.581. The molecule has 0 radical (unpaired) electrons. The van der Waals surface area contributed by atoms with Gasteiger partial charge in [-0.15, -0.1) is 0 Å². The van der Waals surface area contributed by atoms with Crippen LogP contribution in [0.4, 0.5) is 5.69 Å². The average molecular weight is 235 g/mol. The predicted molar refractivity (Wildman–Crippen MR) is 69.1 cm³/mol. The minimum Gasteiger partial charge on any atom is -0.393 e. The summed E-state index contributed by atoms with van der Waals surface area (Å²) in [6.45, 7) is 2.74. The van der Waals surface area contributed by atoms with Crippen LogP contribution in [0, 0.1) is 5.92 Å². The van der Waals surface area contributed by atoms with E-state index in [0.29, 0.717) is 5.92 Å². The van der Waals surface area contributed by atoms with Gasteiger partial charge in [-0.2, -0.15) is 0 Å². The van der Waals surface area contributed by atoms with Crippen LogP contribution in [0.25, 0.3) is 0 Å². The number of rotatable bonds is 4. The molecule has 0 aliphatic heterocycles. The Bertz CT molecular complexity index is 372. The Morgan fingerprint density at radius 3 is 2.59 bits per heavy atom. The van der Waals surface area contributed by atoms with Gasteiger partial charge in [0, 0.05) is 24.8 Å². The summed E-state index contributed by atoms with van der Waals surface area (Å²) in [7, 11) is 2.05. The Morgan fingerprint density at radius 2 is 2.00 bits per heavy atom. The Morgan fingerprint density at radius 1 is 1.35 bits per heavy atom. The van der Waals surface area contributed by atoms with Crippen molar-refractivity contribution in [3.8, 4) is 0 Å². The van der Waals surface area contributed by atoms with Gasteiger partial charge in [0.05, 0.1) is 12.2 Å². The first-order valence-corrected chi connectivity index (χ1v) is 6.24. The third-order valence-corrected chi connectivity index (χ3v) is 3.54. The van der Waals surface area contributed by atoms with Crippen LogP contribution in [0.3, 0.4) is 0 Å². The molecule has 0 bridgehead atoms. The second-order valence-electron chi connectivity index (χ2n) is 5.11. The van der Waals surface area contributed by atoms with Gasteiger partial charge in [0.25, 0.3) is 0 Å². The van der Waals surface area contributed by atoms with Gasteiger partial charge in [-0.1, -0.05) is 18.2 Å². The number of nitrogens with zero attached hydrogens (tertiary/aromatic N) is 1. The molecule has 1 atom stereocenters. The van der Waals surface area contributed by atoms with Crippen LogP contribution in [0.2, 0.25) is 0 Å². The van der Waals surface area contributed by atoms with Crippen molar-refractivity contribution < 1.29 is 10.2 Å². The summed E-state index contributed by atoms with van der Waals surface area (Å²) in [5, 5.41) is 19.0. The van der Waals surface area contributed by atoms with Gasteiger partial charge >= 0.3 is 0 Å². The zero-order valence-corrected chi connectivity index (χ0v) is 10.5. The van der Waals surface area contributed by atoms with Crippen LogP contribution in [-0.2, 0) is 0 Å². The molecule has 0 amide bonds. The first-order chi connectivity index (χ1) is 8.08. The molecule has 3 heteroatoms. The molecule has 0 aromatic heterocycles. The first-order valence-electron chi connectivity index (χ1n) is 6.24. The second-order valence-corrected chi connectivity index (χ2v) is 5.11. The lowest BCUT2D eigenvalue weighted by Gasteiger charge is -2.36. The lowest BCUT2D eigenvalue weighted by Crippen LogP contribution is -2.37. The maximum absolute atomic E-state index is 9.73. The highest BCUT2D eigenvalue weighted by Gasteiger charge is 2.28. The maximum atomic E-state index is 9.73. The van der Waals surface area contributed by atoms with Gasteiger partial charge in [-0.05, 0) is 31.7 Å². The number of aliphatic hydroxyl groups is 2. The molecule has 1 aromatic rings. The molecule has 0 heterocycles. The van der Waals surface area contributed by atoms with E-state index in [-0.39, 0.29) is 6.10 Å². The summed E-state index contributed by atoms with van der Waals surface area (Å²) in [6.07, 6.45) is 1.27. The summed E-state index contributed by atoms with van der Waals surface area (Å²) < 4.78 is 0. The van der Waals surface area contributed by atoms with Crippen LogP contribution in [-0.4, -0.2) is 29.9 Å². The lowest BCUT2D eigenvalue weighted by atomic mass is 9.82. The van der Waals surface area contributed by atoms with Gasteiger partial charge in [0.1, 0.15) is 0 Å². The van der Waals surface area contributed by atoms with Gasteiger partial charge in [0.2, 0.25) is 0 Å². The van der Waals surface area contributed by atoms with E-state index in [4.69, 9.17) is 0 Å². The maximum Gasteiger partial charge on any atom is 0.0781 e. The molecule has 1 aliphatic carbocycles. The number of para-hydroxylation sites is 1. The molecule has 0 saturated heterocycles. The summed E-state index contributed by atoms with van der Waals surface area (Å²) in [6, 6.07) is 7.95. The molecule has 1 aromatic carbocycles. The van der Waals surface area contributed by atoms with Crippen molar-refractivity contribution in [1.29, 1.82) is 0 Å². The number of hydrogen-bond donors (Lipinski definition) is 2. The Kier molecular flexibility index (Phi) is 3.69. The van der Waals surface area contributed by atoms with E-state index in [2.05, 4.69) is 4.90 Å². The molecular weight excluding hydrogens is 214 g/mol. The summed E-state index contributed by atoms with van der Waals surface area (Å²) >= 11 is 0.